The lowest BCUT2D eigenvalue weighted by molar-refractivity contribution is -0.0436. The van der Waals surface area contributed by atoms with Gasteiger partial charge in [-0.25, -0.2) is 8.42 Å². The largest absolute Gasteiger partial charge is 0.502 e. The Morgan fingerprint density at radius 1 is 1.04 bits per heavy atom. The van der Waals surface area contributed by atoms with Crippen molar-refractivity contribution in [2.45, 2.75) is 10.4 Å². The molecule has 2 N–H and O–H groups in total. The molecule has 0 aliphatic rings. The number of methoxy groups -OCH3 is 1. The normalized spacial score (nSPS) is 11.6. The molecule has 27 heavy (non-hydrogen) atoms. The van der Waals surface area contributed by atoms with E-state index in [1.54, 1.807) is 0 Å². The first-order chi connectivity index (χ1) is 12.6. The minimum Gasteiger partial charge on any atom is -0.497 e. The molecule has 2 aromatic heterocycles. The van der Waals surface area contributed by atoms with E-state index in [1.807, 2.05) is 24.5 Å². The van der Waals surface area contributed by atoms with Crippen molar-refractivity contribution < 1.29 is 26.3 Å². The maximum Gasteiger partial charge on any atom is 0.502 e. The number of benzene rings is 1. The quantitative estimate of drug-likeness (QED) is 0.469. The van der Waals surface area contributed by atoms with Gasteiger partial charge in [-0.2, -0.15) is 13.2 Å². The summed E-state index contributed by atoms with van der Waals surface area (Å²) in [5.74, 6) is 0.494. The van der Waals surface area contributed by atoms with Crippen LogP contribution in [0, 0.1) is 0 Å². The summed E-state index contributed by atoms with van der Waals surface area (Å²) in [4.78, 5) is 4.59. The molecule has 3 aromatic rings. The van der Waals surface area contributed by atoms with Gasteiger partial charge in [-0.1, -0.05) is 0 Å². The van der Waals surface area contributed by atoms with Gasteiger partial charge in [-0.3, -0.25) is 0 Å². The van der Waals surface area contributed by atoms with Crippen LogP contribution >= 0.6 is 31.9 Å². The molecule has 0 aliphatic carbocycles. The van der Waals surface area contributed by atoms with Crippen molar-refractivity contribution >= 4 is 41.7 Å². The molecule has 146 valence electrons. The van der Waals surface area contributed by atoms with Crippen LogP contribution in [0.4, 0.5) is 13.2 Å². The summed E-state index contributed by atoms with van der Waals surface area (Å²) in [6.07, 6.45) is 3.75. The summed E-state index contributed by atoms with van der Waals surface area (Å²) in [5.41, 5.74) is -5.30. The van der Waals surface area contributed by atoms with Crippen molar-refractivity contribution in [2.24, 2.45) is 0 Å². The van der Waals surface area contributed by atoms with Gasteiger partial charge in [-0.05, 0) is 73.8 Å². The fourth-order valence-electron chi connectivity index (χ4n) is 2.04. The molecule has 0 saturated heterocycles. The number of aromatic amines is 2. The zero-order valence-corrected chi connectivity index (χ0v) is 17.6. The number of sulfone groups is 1. The molecule has 0 radical (unpaired) electrons. The van der Waals surface area contributed by atoms with E-state index in [0.29, 0.717) is 5.75 Å². The summed E-state index contributed by atoms with van der Waals surface area (Å²) >= 11 is 5.87. The van der Waals surface area contributed by atoms with Crippen LogP contribution in [0.15, 0.2) is 62.8 Å². The van der Waals surface area contributed by atoms with Gasteiger partial charge in [0.2, 0.25) is 0 Å². The molecule has 1 aromatic carbocycles. The van der Waals surface area contributed by atoms with Gasteiger partial charge in [0.1, 0.15) is 10.6 Å². The van der Waals surface area contributed by atoms with Crippen LogP contribution in [0.25, 0.3) is 11.3 Å². The Morgan fingerprint density at radius 2 is 1.59 bits per heavy atom. The molecular weight excluding hydrogens is 517 g/mol. The third-order valence-corrected chi connectivity index (χ3v) is 7.04. The smallest absolute Gasteiger partial charge is 0.497 e. The van der Waals surface area contributed by atoms with Crippen molar-refractivity contribution in [1.82, 2.24) is 9.97 Å². The van der Waals surface area contributed by atoms with E-state index in [2.05, 4.69) is 41.8 Å². The van der Waals surface area contributed by atoms with Gasteiger partial charge >= 0.3 is 5.51 Å². The zero-order valence-electron chi connectivity index (χ0n) is 13.6. The fraction of sp³-hybridized carbons (Fsp3) is 0.125. The summed E-state index contributed by atoms with van der Waals surface area (Å²) in [5, 5.41) is 0. The molecule has 11 heteroatoms. The molecule has 5 nitrogen and oxygen atoms in total. The van der Waals surface area contributed by atoms with Crippen molar-refractivity contribution in [3.05, 3.63) is 57.9 Å². The van der Waals surface area contributed by atoms with Gasteiger partial charge < -0.3 is 14.7 Å². The average molecular weight is 530 g/mol. The maximum atomic E-state index is 12.9. The van der Waals surface area contributed by atoms with E-state index in [-0.39, 0.29) is 20.3 Å². The number of ether oxygens (including phenoxy) is 1. The number of rotatable bonds is 3. The van der Waals surface area contributed by atoms with Crippen molar-refractivity contribution in [1.29, 1.82) is 0 Å². The number of alkyl halides is 3. The summed E-state index contributed by atoms with van der Waals surface area (Å²) in [6, 6.07) is 9.84. The van der Waals surface area contributed by atoms with Crippen LogP contribution in [0.3, 0.4) is 0 Å². The Hall–Kier alpha value is -1.72. The minimum atomic E-state index is -5.52. The first-order valence-corrected chi connectivity index (χ1v) is 10.3. The monoisotopic (exact) mass is 528 g/mol. The van der Waals surface area contributed by atoms with Gasteiger partial charge in [0.25, 0.3) is 9.84 Å². The van der Waals surface area contributed by atoms with Crippen LogP contribution in [0.5, 0.6) is 5.75 Å². The highest BCUT2D eigenvalue weighted by Crippen LogP contribution is 2.43. The number of H-pyrrole nitrogens is 2. The fourth-order valence-corrected chi connectivity index (χ4v) is 4.51. The van der Waals surface area contributed by atoms with E-state index in [1.165, 1.54) is 31.4 Å². The molecule has 2 heterocycles. The van der Waals surface area contributed by atoms with Crippen LogP contribution in [0.2, 0.25) is 0 Å². The lowest BCUT2D eigenvalue weighted by atomic mass is 10.1. The lowest BCUT2D eigenvalue weighted by Crippen LogP contribution is -2.23. The second-order valence-corrected chi connectivity index (χ2v) is 8.48. The highest BCUT2D eigenvalue weighted by Gasteiger charge is 2.50. The van der Waals surface area contributed by atoms with Crippen LogP contribution in [0.1, 0.15) is 0 Å². The molecule has 3 rings (SSSR count). The van der Waals surface area contributed by atoms with Crippen molar-refractivity contribution in [3.8, 4) is 17.0 Å². The Morgan fingerprint density at radius 3 is 2.00 bits per heavy atom. The lowest BCUT2D eigenvalue weighted by Gasteiger charge is -2.10. The molecule has 0 atom stereocenters. The van der Waals surface area contributed by atoms with E-state index in [4.69, 9.17) is 4.74 Å². The van der Waals surface area contributed by atoms with Crippen LogP contribution in [-0.4, -0.2) is 31.0 Å². The van der Waals surface area contributed by atoms with Crippen molar-refractivity contribution in [2.75, 3.05) is 7.11 Å². The van der Waals surface area contributed by atoms with Crippen molar-refractivity contribution in [3.63, 3.8) is 0 Å². The van der Waals surface area contributed by atoms with Gasteiger partial charge in [0, 0.05) is 12.4 Å². The van der Waals surface area contributed by atoms with Gasteiger partial charge in [0.15, 0.2) is 0 Å². The topological polar surface area (TPSA) is 75.0 Å². The Kier molecular flexibility index (Phi) is 6.82. The van der Waals surface area contributed by atoms with Crippen LogP contribution < -0.4 is 4.74 Å². The Bertz CT molecular complexity index is 966. The minimum absolute atomic E-state index is 0.0983. The molecule has 0 aliphatic heterocycles. The number of hydrogen-bond acceptors (Lipinski definition) is 3. The van der Waals surface area contributed by atoms with Crippen LogP contribution in [-0.2, 0) is 9.84 Å². The van der Waals surface area contributed by atoms with E-state index >= 15 is 0 Å². The molecule has 0 amide bonds. The zero-order chi connectivity index (χ0) is 20.2. The highest BCUT2D eigenvalue weighted by molar-refractivity contribution is 9.13. The van der Waals surface area contributed by atoms with E-state index < -0.39 is 20.2 Å². The van der Waals surface area contributed by atoms with E-state index in [9.17, 15) is 21.6 Å². The average Bonchev–Trinajstić information content (AvgIpc) is 3.27. The third kappa shape index (κ3) is 4.77. The standard InChI is InChI=1S/C12H8Br2F3NO3S.C4H5N/c1-21-7-4-2-6(3-5-7)9-10(8(13)11(14)18-9)22(19,20)12(15,16)17;1-2-4-5-3-1/h2-5,18H,1H3;1-5H. The second-order valence-electron chi connectivity index (χ2n) is 5.02. The number of nitrogens with one attached hydrogen (secondary N) is 2. The molecule has 0 saturated carbocycles. The van der Waals surface area contributed by atoms with Gasteiger partial charge in [-0.15, -0.1) is 0 Å². The summed E-state index contributed by atoms with van der Waals surface area (Å²) in [7, 11) is -4.08. The Labute approximate surface area is 170 Å². The summed E-state index contributed by atoms with van der Waals surface area (Å²) in [6.45, 7) is 0. The predicted octanol–water partition coefficient (Wildman–Crippen LogP) is 5.52. The number of aromatic nitrogens is 2. The molecule has 0 unspecified atom stereocenters. The first-order valence-electron chi connectivity index (χ1n) is 7.20. The van der Waals surface area contributed by atoms with E-state index in [0.717, 1.165) is 0 Å². The first kappa shape index (κ1) is 21.6. The molecular formula is C16H13Br2F3N2O3S. The number of hydrogen-bond donors (Lipinski definition) is 2. The third-order valence-electron chi connectivity index (χ3n) is 3.30. The molecule has 0 spiro atoms. The Balaban J connectivity index is 0.000000451. The van der Waals surface area contributed by atoms with Gasteiger partial charge in [0.05, 0.1) is 21.9 Å². The highest BCUT2D eigenvalue weighted by atomic mass is 79.9. The molecule has 0 bridgehead atoms. The SMILES string of the molecule is COc1ccc(-c2[nH]c(Br)c(Br)c2S(=O)(=O)C(F)(F)F)cc1.c1cc[nH]c1. The maximum absolute atomic E-state index is 12.9. The summed E-state index contributed by atoms with van der Waals surface area (Å²) < 4.78 is 67.0. The molecule has 0 fully saturated rings. The predicted molar refractivity (Wildman–Crippen MR) is 102 cm³/mol. The second kappa shape index (κ2) is 8.53. The number of halogens is 5.